The normalized spacial score (nSPS) is 10.2. The Morgan fingerprint density at radius 2 is 2.43 bits per heavy atom. The lowest BCUT2D eigenvalue weighted by molar-refractivity contribution is 0.0762. The van der Waals surface area contributed by atoms with Crippen molar-refractivity contribution in [1.82, 2.24) is 9.88 Å². The first-order chi connectivity index (χ1) is 6.66. The Balaban J connectivity index is 2.61. The molecule has 0 aromatic carbocycles. The summed E-state index contributed by atoms with van der Waals surface area (Å²) in [6, 6.07) is 0. The molecule has 5 heteroatoms. The number of nitrogens with two attached hydrogens (primary N) is 1. The summed E-state index contributed by atoms with van der Waals surface area (Å²) in [5, 5.41) is 0. The van der Waals surface area contributed by atoms with Gasteiger partial charge >= 0.3 is 0 Å². The Bertz CT molecular complexity index is 309. The van der Waals surface area contributed by atoms with E-state index in [9.17, 15) is 4.79 Å². The summed E-state index contributed by atoms with van der Waals surface area (Å²) in [6.45, 7) is 2.95. The van der Waals surface area contributed by atoms with Crippen LogP contribution in [0.4, 0.5) is 0 Å². The molecule has 14 heavy (non-hydrogen) atoms. The second-order valence-electron chi connectivity index (χ2n) is 3.14. The fraction of sp³-hybridized carbons (Fsp3) is 0.556. The van der Waals surface area contributed by atoms with Crippen LogP contribution in [0.3, 0.4) is 0 Å². The van der Waals surface area contributed by atoms with Crippen molar-refractivity contribution in [2.24, 2.45) is 5.73 Å². The van der Waals surface area contributed by atoms with Crippen LogP contribution in [0.1, 0.15) is 22.7 Å². The van der Waals surface area contributed by atoms with E-state index in [1.165, 1.54) is 6.39 Å². The average molecular weight is 197 g/mol. The highest BCUT2D eigenvalue weighted by Crippen LogP contribution is 2.07. The fourth-order valence-corrected chi connectivity index (χ4v) is 1.11. The SMILES string of the molecule is Cc1ncoc1C(=O)N(C)CCCN. The number of oxazole rings is 1. The summed E-state index contributed by atoms with van der Waals surface area (Å²) in [6.07, 6.45) is 2.06. The molecule has 1 aromatic heterocycles. The average Bonchev–Trinajstić information content (AvgIpc) is 2.59. The molecule has 0 saturated heterocycles. The summed E-state index contributed by atoms with van der Waals surface area (Å²) < 4.78 is 4.99. The molecule has 2 N–H and O–H groups in total. The van der Waals surface area contributed by atoms with Crippen LogP contribution in [0, 0.1) is 6.92 Å². The van der Waals surface area contributed by atoms with Gasteiger partial charge < -0.3 is 15.1 Å². The molecule has 0 aliphatic rings. The zero-order valence-corrected chi connectivity index (χ0v) is 8.49. The minimum atomic E-state index is -0.145. The number of aromatic nitrogens is 1. The van der Waals surface area contributed by atoms with Crippen molar-refractivity contribution in [3.8, 4) is 0 Å². The minimum Gasteiger partial charge on any atom is -0.438 e. The van der Waals surface area contributed by atoms with Gasteiger partial charge in [0.15, 0.2) is 6.39 Å². The van der Waals surface area contributed by atoms with Crippen LogP contribution in [0.2, 0.25) is 0 Å². The van der Waals surface area contributed by atoms with Gasteiger partial charge in [-0.2, -0.15) is 0 Å². The van der Waals surface area contributed by atoms with E-state index in [0.29, 0.717) is 24.5 Å². The number of nitrogens with zero attached hydrogens (tertiary/aromatic N) is 2. The lowest BCUT2D eigenvalue weighted by Crippen LogP contribution is -2.29. The molecule has 1 amide bonds. The van der Waals surface area contributed by atoms with E-state index in [1.807, 2.05) is 0 Å². The van der Waals surface area contributed by atoms with Crippen LogP contribution < -0.4 is 5.73 Å². The second-order valence-corrected chi connectivity index (χ2v) is 3.14. The maximum absolute atomic E-state index is 11.7. The molecule has 0 radical (unpaired) electrons. The van der Waals surface area contributed by atoms with Gasteiger partial charge in [0.1, 0.15) is 0 Å². The Morgan fingerprint density at radius 3 is 2.93 bits per heavy atom. The molecule has 0 bridgehead atoms. The lowest BCUT2D eigenvalue weighted by Gasteiger charge is -2.14. The molecular weight excluding hydrogens is 182 g/mol. The minimum absolute atomic E-state index is 0.145. The third kappa shape index (κ3) is 2.32. The van der Waals surface area contributed by atoms with Gasteiger partial charge in [0.05, 0.1) is 5.69 Å². The van der Waals surface area contributed by atoms with E-state index in [4.69, 9.17) is 10.2 Å². The van der Waals surface area contributed by atoms with E-state index in [1.54, 1.807) is 18.9 Å². The van der Waals surface area contributed by atoms with Crippen LogP contribution >= 0.6 is 0 Å². The predicted octanol–water partition coefficient (Wildman–Crippen LogP) is 0.404. The number of hydrogen-bond donors (Lipinski definition) is 1. The van der Waals surface area contributed by atoms with Gasteiger partial charge in [-0.25, -0.2) is 4.98 Å². The van der Waals surface area contributed by atoms with E-state index in [0.717, 1.165) is 6.42 Å². The van der Waals surface area contributed by atoms with Crippen LogP contribution in [0.5, 0.6) is 0 Å². The van der Waals surface area contributed by atoms with Crippen molar-refractivity contribution < 1.29 is 9.21 Å². The van der Waals surface area contributed by atoms with Crippen molar-refractivity contribution in [2.45, 2.75) is 13.3 Å². The molecule has 1 heterocycles. The topological polar surface area (TPSA) is 72.4 Å². The summed E-state index contributed by atoms with van der Waals surface area (Å²) >= 11 is 0. The zero-order chi connectivity index (χ0) is 10.6. The maximum Gasteiger partial charge on any atom is 0.291 e. The molecule has 0 atom stereocenters. The van der Waals surface area contributed by atoms with Gasteiger partial charge in [-0.15, -0.1) is 0 Å². The smallest absolute Gasteiger partial charge is 0.291 e. The second kappa shape index (κ2) is 4.76. The molecule has 1 aromatic rings. The third-order valence-corrected chi connectivity index (χ3v) is 1.98. The summed E-state index contributed by atoms with van der Waals surface area (Å²) in [5.41, 5.74) is 5.97. The summed E-state index contributed by atoms with van der Waals surface area (Å²) in [7, 11) is 1.72. The molecule has 0 fully saturated rings. The van der Waals surface area contributed by atoms with E-state index >= 15 is 0 Å². The van der Waals surface area contributed by atoms with Crippen molar-refractivity contribution in [2.75, 3.05) is 20.1 Å². The first kappa shape index (κ1) is 10.7. The number of carbonyl (C=O) groups excluding carboxylic acids is 1. The Morgan fingerprint density at radius 1 is 1.71 bits per heavy atom. The Hall–Kier alpha value is -1.36. The van der Waals surface area contributed by atoms with E-state index in [2.05, 4.69) is 4.98 Å². The zero-order valence-electron chi connectivity index (χ0n) is 8.49. The van der Waals surface area contributed by atoms with Gasteiger partial charge in [-0.05, 0) is 19.9 Å². The predicted molar refractivity (Wildman–Crippen MR) is 51.9 cm³/mol. The standard InChI is InChI=1S/C9H15N3O2/c1-7-8(14-6-11-7)9(13)12(2)5-3-4-10/h6H,3-5,10H2,1-2H3. The van der Waals surface area contributed by atoms with Crippen molar-refractivity contribution in [3.63, 3.8) is 0 Å². The monoisotopic (exact) mass is 197 g/mol. The summed E-state index contributed by atoms with van der Waals surface area (Å²) in [5.74, 6) is 0.165. The number of carbonyl (C=O) groups is 1. The molecule has 78 valence electrons. The van der Waals surface area contributed by atoms with Crippen molar-refractivity contribution in [1.29, 1.82) is 0 Å². The Labute approximate surface area is 82.9 Å². The number of rotatable bonds is 4. The first-order valence-corrected chi connectivity index (χ1v) is 4.52. The lowest BCUT2D eigenvalue weighted by atomic mass is 10.3. The largest absolute Gasteiger partial charge is 0.438 e. The maximum atomic E-state index is 11.7. The molecule has 5 nitrogen and oxygen atoms in total. The number of amides is 1. The molecule has 1 rings (SSSR count). The number of aryl methyl sites for hydroxylation is 1. The van der Waals surface area contributed by atoms with Gasteiger partial charge in [0.25, 0.3) is 5.91 Å². The van der Waals surface area contributed by atoms with Gasteiger partial charge in [0, 0.05) is 13.6 Å². The van der Waals surface area contributed by atoms with E-state index < -0.39 is 0 Å². The molecule has 0 aliphatic heterocycles. The number of hydrogen-bond acceptors (Lipinski definition) is 4. The van der Waals surface area contributed by atoms with Crippen molar-refractivity contribution in [3.05, 3.63) is 17.8 Å². The molecule has 0 aliphatic carbocycles. The first-order valence-electron chi connectivity index (χ1n) is 4.52. The quantitative estimate of drug-likeness (QED) is 0.758. The van der Waals surface area contributed by atoms with Crippen LogP contribution in [0.15, 0.2) is 10.8 Å². The van der Waals surface area contributed by atoms with Crippen LogP contribution in [0.25, 0.3) is 0 Å². The van der Waals surface area contributed by atoms with Crippen molar-refractivity contribution >= 4 is 5.91 Å². The van der Waals surface area contributed by atoms with Gasteiger partial charge in [-0.3, -0.25) is 4.79 Å². The molecule has 0 saturated carbocycles. The summed E-state index contributed by atoms with van der Waals surface area (Å²) in [4.78, 5) is 17.1. The van der Waals surface area contributed by atoms with Crippen LogP contribution in [-0.4, -0.2) is 35.9 Å². The Kier molecular flexibility index (Phi) is 3.64. The van der Waals surface area contributed by atoms with Gasteiger partial charge in [0.2, 0.25) is 5.76 Å². The highest BCUT2D eigenvalue weighted by Gasteiger charge is 2.17. The highest BCUT2D eigenvalue weighted by molar-refractivity contribution is 5.92. The van der Waals surface area contributed by atoms with Crippen LogP contribution in [-0.2, 0) is 0 Å². The van der Waals surface area contributed by atoms with E-state index in [-0.39, 0.29) is 5.91 Å². The molecule has 0 unspecified atom stereocenters. The molecular formula is C9H15N3O2. The molecule has 0 spiro atoms. The third-order valence-electron chi connectivity index (χ3n) is 1.98. The highest BCUT2D eigenvalue weighted by atomic mass is 16.3. The van der Waals surface area contributed by atoms with Gasteiger partial charge in [-0.1, -0.05) is 0 Å². The fourth-order valence-electron chi connectivity index (χ4n) is 1.11.